The van der Waals surface area contributed by atoms with Crippen LogP contribution in [-0.2, 0) is 16.4 Å². The number of benzene rings is 2. The summed E-state index contributed by atoms with van der Waals surface area (Å²) in [4.78, 5) is 19.6. The van der Waals surface area contributed by atoms with E-state index in [9.17, 15) is 13.2 Å². The third-order valence-corrected chi connectivity index (χ3v) is 7.64. The molecule has 1 fully saturated rings. The minimum Gasteiger partial charge on any atom is -0.339 e. The summed E-state index contributed by atoms with van der Waals surface area (Å²) in [6.45, 7) is 1.76. The third-order valence-electron chi connectivity index (χ3n) is 5.48. The Balaban J connectivity index is 1.33. The summed E-state index contributed by atoms with van der Waals surface area (Å²) in [6.07, 6.45) is 3.52. The monoisotopic (exact) mass is 477 g/mol. The van der Waals surface area contributed by atoms with Gasteiger partial charge in [0.1, 0.15) is 0 Å². The van der Waals surface area contributed by atoms with E-state index in [4.69, 9.17) is 16.6 Å². The van der Waals surface area contributed by atoms with E-state index >= 15 is 0 Å². The van der Waals surface area contributed by atoms with Crippen LogP contribution in [0.3, 0.4) is 0 Å². The van der Waals surface area contributed by atoms with Gasteiger partial charge in [0.25, 0.3) is 5.91 Å². The molecule has 6 nitrogen and oxygen atoms in total. The van der Waals surface area contributed by atoms with Gasteiger partial charge >= 0.3 is 0 Å². The molecular formula is C22H24ClN3O3S2. The highest BCUT2D eigenvalue weighted by molar-refractivity contribution is 7.88. The summed E-state index contributed by atoms with van der Waals surface area (Å²) in [7, 11) is -3.19. The van der Waals surface area contributed by atoms with Gasteiger partial charge in [-0.2, -0.15) is 0 Å². The Labute approximate surface area is 191 Å². The number of fused-ring (bicyclic) bond motifs is 1. The molecule has 0 saturated carbocycles. The molecule has 0 radical (unpaired) electrons. The Kier molecular flexibility index (Phi) is 6.62. The highest BCUT2D eigenvalue weighted by atomic mass is 35.5. The van der Waals surface area contributed by atoms with Crippen LogP contribution < -0.4 is 4.72 Å². The van der Waals surface area contributed by atoms with E-state index in [1.165, 1.54) is 0 Å². The van der Waals surface area contributed by atoms with E-state index in [-0.39, 0.29) is 5.91 Å². The molecule has 0 aliphatic carbocycles. The van der Waals surface area contributed by atoms with Gasteiger partial charge in [0.15, 0.2) is 0 Å². The maximum absolute atomic E-state index is 12.9. The number of thiazole rings is 1. The average molecular weight is 478 g/mol. The van der Waals surface area contributed by atoms with Crippen molar-refractivity contribution in [1.29, 1.82) is 0 Å². The Hall–Kier alpha value is -2.00. The van der Waals surface area contributed by atoms with Gasteiger partial charge in [-0.1, -0.05) is 23.7 Å². The number of nitrogens with one attached hydrogen (secondary N) is 1. The van der Waals surface area contributed by atoms with Crippen LogP contribution in [0.1, 0.15) is 39.7 Å². The largest absolute Gasteiger partial charge is 0.339 e. The number of aromatic nitrogens is 1. The standard InChI is InChI=1S/C22H24ClN3O3S2/c1-31(28,29)24-11-8-15-2-4-17(5-3-15)22(27)26-12-9-16(10-13-26)21-25-19-14-18(23)6-7-20(19)30-21/h2-7,14,16,24H,8-13H2,1H3. The lowest BCUT2D eigenvalue weighted by molar-refractivity contribution is 0.0713. The molecule has 164 valence electrons. The fraction of sp³-hybridized carbons (Fsp3) is 0.364. The summed E-state index contributed by atoms with van der Waals surface area (Å²) in [5.41, 5.74) is 2.59. The number of halogens is 1. The number of sulfonamides is 1. The molecule has 31 heavy (non-hydrogen) atoms. The Morgan fingerprint density at radius 2 is 1.90 bits per heavy atom. The second-order valence-corrected chi connectivity index (χ2v) is 11.2. The van der Waals surface area contributed by atoms with Crippen LogP contribution in [0.2, 0.25) is 5.02 Å². The lowest BCUT2D eigenvalue weighted by atomic mass is 9.97. The number of rotatable bonds is 6. The van der Waals surface area contributed by atoms with Gasteiger partial charge in [0, 0.05) is 36.1 Å². The van der Waals surface area contributed by atoms with Gasteiger partial charge in [-0.25, -0.2) is 18.1 Å². The second-order valence-electron chi connectivity index (χ2n) is 7.84. The summed E-state index contributed by atoms with van der Waals surface area (Å²) in [5.74, 6) is 0.403. The third kappa shape index (κ3) is 5.63. The lowest BCUT2D eigenvalue weighted by Gasteiger charge is -2.31. The van der Waals surface area contributed by atoms with Crippen molar-refractivity contribution in [2.24, 2.45) is 0 Å². The molecule has 1 saturated heterocycles. The number of hydrogen-bond donors (Lipinski definition) is 1. The number of hydrogen-bond acceptors (Lipinski definition) is 5. The molecule has 0 spiro atoms. The maximum Gasteiger partial charge on any atom is 0.253 e. The first kappa shape index (κ1) is 22.2. The fourth-order valence-electron chi connectivity index (χ4n) is 3.80. The van der Waals surface area contributed by atoms with Crippen molar-refractivity contribution in [2.45, 2.75) is 25.2 Å². The number of likely N-dealkylation sites (tertiary alicyclic amines) is 1. The zero-order chi connectivity index (χ0) is 22.0. The van der Waals surface area contributed by atoms with Gasteiger partial charge in [0.2, 0.25) is 10.0 Å². The summed E-state index contributed by atoms with van der Waals surface area (Å²) in [6, 6.07) is 13.2. The van der Waals surface area contributed by atoms with Crippen molar-refractivity contribution in [3.63, 3.8) is 0 Å². The molecular weight excluding hydrogens is 454 g/mol. The van der Waals surface area contributed by atoms with Crippen molar-refractivity contribution in [1.82, 2.24) is 14.6 Å². The maximum atomic E-state index is 12.9. The smallest absolute Gasteiger partial charge is 0.253 e. The molecule has 9 heteroatoms. The van der Waals surface area contributed by atoms with Crippen LogP contribution in [0, 0.1) is 0 Å². The quantitative estimate of drug-likeness (QED) is 0.580. The van der Waals surface area contributed by atoms with Crippen molar-refractivity contribution in [3.8, 4) is 0 Å². The van der Waals surface area contributed by atoms with E-state index in [1.807, 2.05) is 47.4 Å². The molecule has 0 atom stereocenters. The van der Waals surface area contributed by atoms with Crippen molar-refractivity contribution in [3.05, 3.63) is 63.6 Å². The highest BCUT2D eigenvalue weighted by Gasteiger charge is 2.26. The molecule has 3 aromatic rings. The van der Waals surface area contributed by atoms with Crippen LogP contribution in [-0.4, -0.2) is 50.1 Å². The van der Waals surface area contributed by atoms with Crippen LogP contribution in [0.4, 0.5) is 0 Å². The first-order chi connectivity index (χ1) is 14.8. The predicted molar refractivity (Wildman–Crippen MR) is 126 cm³/mol. The molecule has 0 bridgehead atoms. The van der Waals surface area contributed by atoms with Gasteiger partial charge in [0.05, 0.1) is 21.5 Å². The van der Waals surface area contributed by atoms with Gasteiger partial charge in [-0.05, 0) is 55.2 Å². The second kappa shape index (κ2) is 9.24. The van der Waals surface area contributed by atoms with Gasteiger partial charge in [-0.15, -0.1) is 11.3 Å². The molecule has 1 N–H and O–H groups in total. The molecule has 4 rings (SSSR count). The highest BCUT2D eigenvalue weighted by Crippen LogP contribution is 2.35. The van der Waals surface area contributed by atoms with E-state index in [2.05, 4.69) is 4.72 Å². The molecule has 1 aliphatic rings. The first-order valence-electron chi connectivity index (χ1n) is 10.2. The average Bonchev–Trinajstić information content (AvgIpc) is 3.16. The molecule has 2 aromatic carbocycles. The number of nitrogens with zero attached hydrogens (tertiary/aromatic N) is 2. The summed E-state index contributed by atoms with van der Waals surface area (Å²) >= 11 is 7.78. The number of carbonyl (C=O) groups excluding carboxylic acids is 1. The molecule has 0 unspecified atom stereocenters. The van der Waals surface area contributed by atoms with E-state index < -0.39 is 10.0 Å². The SMILES string of the molecule is CS(=O)(=O)NCCc1ccc(C(=O)N2CCC(c3nc4cc(Cl)ccc4s3)CC2)cc1. The zero-order valence-corrected chi connectivity index (χ0v) is 19.6. The van der Waals surface area contributed by atoms with Crippen molar-refractivity contribution >= 4 is 49.1 Å². The Morgan fingerprint density at radius 3 is 2.58 bits per heavy atom. The summed E-state index contributed by atoms with van der Waals surface area (Å²) < 4.78 is 25.9. The van der Waals surface area contributed by atoms with Crippen LogP contribution in [0.15, 0.2) is 42.5 Å². The van der Waals surface area contributed by atoms with Gasteiger partial charge in [-0.3, -0.25) is 4.79 Å². The fourth-order valence-corrected chi connectivity index (χ4v) is 5.56. The predicted octanol–water partition coefficient (Wildman–Crippen LogP) is 4.06. The number of carbonyl (C=O) groups is 1. The van der Waals surface area contributed by atoms with E-state index in [0.717, 1.165) is 39.9 Å². The van der Waals surface area contributed by atoms with Gasteiger partial charge < -0.3 is 4.90 Å². The molecule has 1 aliphatic heterocycles. The Bertz CT molecular complexity index is 1180. The van der Waals surface area contributed by atoms with Crippen LogP contribution in [0.25, 0.3) is 10.2 Å². The zero-order valence-electron chi connectivity index (χ0n) is 17.2. The minimum absolute atomic E-state index is 0.0374. The molecule has 1 amide bonds. The summed E-state index contributed by atoms with van der Waals surface area (Å²) in [5, 5.41) is 1.82. The normalized spacial score (nSPS) is 15.5. The van der Waals surface area contributed by atoms with Crippen LogP contribution >= 0.6 is 22.9 Å². The van der Waals surface area contributed by atoms with Crippen LogP contribution in [0.5, 0.6) is 0 Å². The van der Waals surface area contributed by atoms with Crippen molar-refractivity contribution in [2.75, 3.05) is 25.9 Å². The first-order valence-corrected chi connectivity index (χ1v) is 13.3. The van der Waals surface area contributed by atoms with E-state index in [0.29, 0.717) is 42.6 Å². The van der Waals surface area contributed by atoms with Crippen molar-refractivity contribution < 1.29 is 13.2 Å². The topological polar surface area (TPSA) is 79.4 Å². The number of amides is 1. The lowest BCUT2D eigenvalue weighted by Crippen LogP contribution is -2.37. The van der Waals surface area contributed by atoms with E-state index in [1.54, 1.807) is 11.3 Å². The molecule has 2 heterocycles. The minimum atomic E-state index is -3.19. The molecule has 1 aromatic heterocycles. The number of piperidine rings is 1. The Morgan fingerprint density at radius 1 is 1.19 bits per heavy atom.